The highest BCUT2D eigenvalue weighted by Gasteiger charge is 2.28. The molecule has 1 heterocycles. The summed E-state index contributed by atoms with van der Waals surface area (Å²) in [6, 6.07) is 0. The Morgan fingerprint density at radius 3 is 2.82 bits per heavy atom. The van der Waals surface area contributed by atoms with E-state index >= 15 is 0 Å². The second-order valence-electron chi connectivity index (χ2n) is 2.97. The van der Waals surface area contributed by atoms with Gasteiger partial charge in [-0.1, -0.05) is 0 Å². The van der Waals surface area contributed by atoms with Crippen LogP contribution in [0.5, 0.6) is 5.75 Å². The quantitative estimate of drug-likeness (QED) is 0.657. The van der Waals surface area contributed by atoms with Crippen LogP contribution in [0.3, 0.4) is 0 Å². The topological polar surface area (TPSA) is 46.0 Å². The maximum absolute atomic E-state index is 9.48. The zero-order valence-corrected chi connectivity index (χ0v) is 6.41. The lowest BCUT2D eigenvalue weighted by atomic mass is 10.2. The van der Waals surface area contributed by atoms with Gasteiger partial charge in [-0.05, 0) is 19.8 Å². The molecule has 1 aliphatic carbocycles. The highest BCUT2D eigenvalue weighted by molar-refractivity contribution is 5.34. The molecule has 0 unspecified atom stereocenters. The van der Waals surface area contributed by atoms with E-state index in [1.807, 2.05) is 0 Å². The molecule has 0 radical (unpaired) electrons. The number of hydrogen-bond acceptors (Lipinski definition) is 3. The highest BCUT2D eigenvalue weighted by Crippen LogP contribution is 2.42. The first kappa shape index (κ1) is 6.58. The van der Waals surface area contributed by atoms with E-state index in [1.54, 1.807) is 6.92 Å². The van der Waals surface area contributed by atoms with Gasteiger partial charge in [0.1, 0.15) is 6.33 Å². The summed E-state index contributed by atoms with van der Waals surface area (Å²) in [4.78, 5) is 7.93. The average molecular weight is 150 g/mol. The molecule has 0 atom stereocenters. The van der Waals surface area contributed by atoms with Crippen LogP contribution in [0.4, 0.5) is 0 Å². The van der Waals surface area contributed by atoms with Crippen molar-refractivity contribution in [3.05, 3.63) is 17.7 Å². The molecule has 3 heteroatoms. The third-order valence-electron chi connectivity index (χ3n) is 2.00. The fraction of sp³-hybridized carbons (Fsp3) is 0.500. The average Bonchev–Trinajstić information content (AvgIpc) is 2.77. The molecular weight excluding hydrogens is 140 g/mol. The van der Waals surface area contributed by atoms with Crippen LogP contribution in [0.1, 0.15) is 30.1 Å². The SMILES string of the molecule is Cc1ncnc(C2CC2)c1O. The minimum Gasteiger partial charge on any atom is -0.504 e. The smallest absolute Gasteiger partial charge is 0.158 e. The molecule has 3 nitrogen and oxygen atoms in total. The van der Waals surface area contributed by atoms with E-state index in [0.717, 1.165) is 18.5 Å². The fourth-order valence-corrected chi connectivity index (χ4v) is 1.14. The molecule has 0 bridgehead atoms. The van der Waals surface area contributed by atoms with Crippen LogP contribution in [-0.4, -0.2) is 15.1 Å². The summed E-state index contributed by atoms with van der Waals surface area (Å²) >= 11 is 0. The number of rotatable bonds is 1. The lowest BCUT2D eigenvalue weighted by Gasteiger charge is -2.01. The van der Waals surface area contributed by atoms with E-state index in [1.165, 1.54) is 6.33 Å². The first-order chi connectivity index (χ1) is 5.29. The molecule has 1 fully saturated rings. The fourth-order valence-electron chi connectivity index (χ4n) is 1.14. The minimum atomic E-state index is 0.287. The van der Waals surface area contributed by atoms with Gasteiger partial charge in [0.25, 0.3) is 0 Å². The van der Waals surface area contributed by atoms with Gasteiger partial charge in [-0.15, -0.1) is 0 Å². The Kier molecular flexibility index (Phi) is 1.31. The lowest BCUT2D eigenvalue weighted by molar-refractivity contribution is 0.455. The van der Waals surface area contributed by atoms with Crippen LogP contribution in [0.2, 0.25) is 0 Å². The van der Waals surface area contributed by atoms with Crippen molar-refractivity contribution in [1.82, 2.24) is 9.97 Å². The van der Waals surface area contributed by atoms with E-state index in [9.17, 15) is 5.11 Å². The van der Waals surface area contributed by atoms with E-state index in [4.69, 9.17) is 0 Å². The molecule has 11 heavy (non-hydrogen) atoms. The summed E-state index contributed by atoms with van der Waals surface area (Å²) in [5, 5.41) is 9.48. The Hall–Kier alpha value is -1.12. The Labute approximate surface area is 65.1 Å². The minimum absolute atomic E-state index is 0.287. The van der Waals surface area contributed by atoms with Crippen molar-refractivity contribution in [3.8, 4) is 5.75 Å². The van der Waals surface area contributed by atoms with E-state index in [2.05, 4.69) is 9.97 Å². The van der Waals surface area contributed by atoms with Crippen LogP contribution in [0.25, 0.3) is 0 Å². The van der Waals surface area contributed by atoms with Crippen LogP contribution in [0, 0.1) is 6.92 Å². The Bertz CT molecular complexity index is 281. The van der Waals surface area contributed by atoms with Crippen molar-refractivity contribution < 1.29 is 5.11 Å². The van der Waals surface area contributed by atoms with Crippen molar-refractivity contribution in [2.24, 2.45) is 0 Å². The molecule has 0 spiro atoms. The second-order valence-corrected chi connectivity index (χ2v) is 2.97. The molecule has 1 aliphatic rings. The van der Waals surface area contributed by atoms with Crippen molar-refractivity contribution in [1.29, 1.82) is 0 Å². The Morgan fingerprint density at radius 1 is 1.45 bits per heavy atom. The normalized spacial score (nSPS) is 16.8. The molecule has 1 aromatic rings. The zero-order chi connectivity index (χ0) is 7.84. The standard InChI is InChI=1S/C8H10N2O/c1-5-8(11)7(6-2-3-6)10-4-9-5/h4,6,11H,2-3H2,1H3. The monoisotopic (exact) mass is 150 g/mol. The van der Waals surface area contributed by atoms with E-state index in [0.29, 0.717) is 11.6 Å². The number of aromatic nitrogens is 2. The summed E-state index contributed by atoms with van der Waals surface area (Å²) in [5.74, 6) is 0.784. The van der Waals surface area contributed by atoms with Gasteiger partial charge in [0, 0.05) is 5.92 Å². The van der Waals surface area contributed by atoms with Crippen LogP contribution < -0.4 is 0 Å². The first-order valence-electron chi connectivity index (χ1n) is 3.79. The van der Waals surface area contributed by atoms with Crippen LogP contribution in [0.15, 0.2) is 6.33 Å². The van der Waals surface area contributed by atoms with Gasteiger partial charge in [0.2, 0.25) is 0 Å². The molecule has 1 saturated carbocycles. The molecule has 1 N–H and O–H groups in total. The molecule has 58 valence electrons. The molecule has 0 amide bonds. The van der Waals surface area contributed by atoms with Crippen LogP contribution in [-0.2, 0) is 0 Å². The van der Waals surface area contributed by atoms with Gasteiger partial charge in [0.05, 0.1) is 11.4 Å². The first-order valence-corrected chi connectivity index (χ1v) is 3.79. The summed E-state index contributed by atoms with van der Waals surface area (Å²) in [7, 11) is 0. The number of aromatic hydroxyl groups is 1. The Balaban J connectivity index is 2.45. The van der Waals surface area contributed by atoms with Crippen LogP contribution >= 0.6 is 0 Å². The van der Waals surface area contributed by atoms with Gasteiger partial charge in [0.15, 0.2) is 5.75 Å². The maximum Gasteiger partial charge on any atom is 0.158 e. The summed E-state index contributed by atoms with van der Waals surface area (Å²) in [6.07, 6.45) is 3.83. The third kappa shape index (κ3) is 1.06. The molecule has 2 rings (SSSR count). The highest BCUT2D eigenvalue weighted by atomic mass is 16.3. The van der Waals surface area contributed by atoms with E-state index in [-0.39, 0.29) is 5.75 Å². The molecular formula is C8H10N2O. The van der Waals surface area contributed by atoms with E-state index < -0.39 is 0 Å². The van der Waals surface area contributed by atoms with Gasteiger partial charge in [-0.3, -0.25) is 0 Å². The summed E-state index contributed by atoms with van der Waals surface area (Å²) in [5.41, 5.74) is 1.51. The predicted molar refractivity (Wildman–Crippen MR) is 40.4 cm³/mol. The third-order valence-corrected chi connectivity index (χ3v) is 2.00. The summed E-state index contributed by atoms with van der Waals surface area (Å²) in [6.45, 7) is 1.79. The van der Waals surface area contributed by atoms with Gasteiger partial charge >= 0.3 is 0 Å². The molecule has 0 aliphatic heterocycles. The molecule has 1 aromatic heterocycles. The predicted octanol–water partition coefficient (Wildman–Crippen LogP) is 1.37. The van der Waals surface area contributed by atoms with Gasteiger partial charge in [-0.2, -0.15) is 0 Å². The largest absolute Gasteiger partial charge is 0.504 e. The van der Waals surface area contributed by atoms with Crippen molar-refractivity contribution >= 4 is 0 Å². The van der Waals surface area contributed by atoms with Crippen molar-refractivity contribution in [2.75, 3.05) is 0 Å². The maximum atomic E-state index is 9.48. The Morgan fingerprint density at radius 2 is 2.18 bits per heavy atom. The van der Waals surface area contributed by atoms with Crippen molar-refractivity contribution in [2.45, 2.75) is 25.7 Å². The van der Waals surface area contributed by atoms with Gasteiger partial charge < -0.3 is 5.11 Å². The second kappa shape index (κ2) is 2.19. The van der Waals surface area contributed by atoms with Gasteiger partial charge in [-0.25, -0.2) is 9.97 Å². The molecule has 0 aromatic carbocycles. The lowest BCUT2D eigenvalue weighted by Crippen LogP contribution is -1.91. The zero-order valence-electron chi connectivity index (χ0n) is 6.41. The summed E-state index contributed by atoms with van der Waals surface area (Å²) < 4.78 is 0. The number of aryl methyl sites for hydroxylation is 1. The number of hydrogen-bond donors (Lipinski definition) is 1. The molecule has 0 saturated heterocycles. The number of nitrogens with zero attached hydrogens (tertiary/aromatic N) is 2. The van der Waals surface area contributed by atoms with Crippen molar-refractivity contribution in [3.63, 3.8) is 0 Å².